The van der Waals surface area contributed by atoms with Crippen molar-refractivity contribution in [1.82, 2.24) is 0 Å². The molecule has 0 aliphatic rings. The molecule has 1 rings (SSSR count). The summed E-state index contributed by atoms with van der Waals surface area (Å²) in [6.45, 7) is 5.46. The van der Waals surface area contributed by atoms with Gasteiger partial charge in [-0.05, 0) is 37.5 Å². The first-order valence-electron chi connectivity index (χ1n) is 5.47. The van der Waals surface area contributed by atoms with E-state index < -0.39 is 12.1 Å². The number of aliphatic carboxylic acids is 1. The number of aliphatic hydroxyl groups is 1. The first kappa shape index (κ1) is 13.7. The molecule has 0 saturated carbocycles. The van der Waals surface area contributed by atoms with E-state index in [1.54, 1.807) is 0 Å². The second kappa shape index (κ2) is 5.80. The van der Waals surface area contributed by atoms with Crippen molar-refractivity contribution in [3.05, 3.63) is 34.4 Å². The Morgan fingerprint density at radius 1 is 1.29 bits per heavy atom. The molecule has 0 fully saturated rings. The fourth-order valence-electron chi connectivity index (χ4n) is 2.06. The number of carboxylic acid groups (broad SMARTS) is 1. The quantitative estimate of drug-likeness (QED) is 0.820. The number of carbonyl (C=O) groups is 1. The van der Waals surface area contributed by atoms with Gasteiger partial charge in [0.05, 0.1) is 6.61 Å². The Morgan fingerprint density at radius 2 is 1.82 bits per heavy atom. The lowest BCUT2D eigenvalue weighted by molar-refractivity contribution is -0.143. The van der Waals surface area contributed by atoms with Crippen molar-refractivity contribution in [2.45, 2.75) is 26.9 Å². The monoisotopic (exact) mass is 238 g/mol. The molecule has 17 heavy (non-hydrogen) atoms. The smallest absolute Gasteiger partial charge is 0.329 e. The fraction of sp³-hybridized carbons (Fsp3) is 0.462. The van der Waals surface area contributed by atoms with Crippen LogP contribution in [0.2, 0.25) is 0 Å². The van der Waals surface area contributed by atoms with Crippen molar-refractivity contribution < 1.29 is 19.7 Å². The topological polar surface area (TPSA) is 66.8 Å². The molecule has 0 radical (unpaired) electrons. The van der Waals surface area contributed by atoms with E-state index >= 15 is 0 Å². The van der Waals surface area contributed by atoms with Gasteiger partial charge in [-0.1, -0.05) is 17.7 Å². The van der Waals surface area contributed by atoms with E-state index in [1.165, 1.54) is 0 Å². The zero-order chi connectivity index (χ0) is 13.0. The summed E-state index contributed by atoms with van der Waals surface area (Å²) in [5.41, 5.74) is 3.95. The summed E-state index contributed by atoms with van der Waals surface area (Å²) in [4.78, 5) is 10.3. The van der Waals surface area contributed by atoms with Crippen LogP contribution in [0.5, 0.6) is 0 Å². The highest BCUT2D eigenvalue weighted by Gasteiger charge is 2.14. The molecule has 1 aromatic rings. The van der Waals surface area contributed by atoms with Gasteiger partial charge in [-0.2, -0.15) is 0 Å². The molecule has 0 spiro atoms. The second-order valence-corrected chi connectivity index (χ2v) is 4.24. The van der Waals surface area contributed by atoms with Crippen LogP contribution in [0, 0.1) is 20.8 Å². The summed E-state index contributed by atoms with van der Waals surface area (Å²) in [5, 5.41) is 18.4. The maximum atomic E-state index is 10.3. The van der Waals surface area contributed by atoms with E-state index in [1.807, 2.05) is 32.9 Å². The second-order valence-electron chi connectivity index (χ2n) is 4.24. The average molecular weight is 238 g/mol. The molecule has 94 valence electrons. The fourth-order valence-corrected chi connectivity index (χ4v) is 2.06. The number of aryl methyl sites for hydroxylation is 3. The third-order valence-electron chi connectivity index (χ3n) is 2.57. The molecule has 0 aliphatic heterocycles. The van der Waals surface area contributed by atoms with Gasteiger partial charge in [-0.25, -0.2) is 4.79 Å². The minimum absolute atomic E-state index is 0.00294. The number of benzene rings is 1. The summed E-state index contributed by atoms with van der Waals surface area (Å²) in [6, 6.07) is 3.98. The first-order valence-corrected chi connectivity index (χ1v) is 5.47. The lowest BCUT2D eigenvalue weighted by atomic mass is 9.96. The number of hydrogen-bond acceptors (Lipinski definition) is 3. The normalized spacial score (nSPS) is 12.5. The maximum Gasteiger partial charge on any atom is 0.329 e. The molecule has 4 nitrogen and oxygen atoms in total. The van der Waals surface area contributed by atoms with Gasteiger partial charge in [0, 0.05) is 0 Å². The van der Waals surface area contributed by atoms with Gasteiger partial charge in [-0.3, -0.25) is 0 Å². The molecule has 2 N–H and O–H groups in total. The van der Waals surface area contributed by atoms with E-state index in [4.69, 9.17) is 9.84 Å². The van der Waals surface area contributed by atoms with E-state index in [-0.39, 0.29) is 13.2 Å². The number of ether oxygens (including phenoxy) is 1. The molecule has 1 aromatic carbocycles. The minimum atomic E-state index is -1.03. The molecule has 0 heterocycles. The molecule has 1 atom stereocenters. The van der Waals surface area contributed by atoms with Gasteiger partial charge in [0.15, 0.2) is 0 Å². The van der Waals surface area contributed by atoms with Crippen LogP contribution in [-0.4, -0.2) is 29.4 Å². The maximum absolute atomic E-state index is 10.3. The summed E-state index contributed by atoms with van der Waals surface area (Å²) >= 11 is 0. The lowest BCUT2D eigenvalue weighted by Crippen LogP contribution is -2.14. The lowest BCUT2D eigenvalue weighted by Gasteiger charge is -2.17. The third-order valence-corrected chi connectivity index (χ3v) is 2.57. The molecule has 0 aromatic heterocycles. The highest BCUT2D eigenvalue weighted by atomic mass is 16.5. The number of hydrogen-bond donors (Lipinski definition) is 2. The summed E-state index contributed by atoms with van der Waals surface area (Å²) in [5.74, 6) is -1.03. The first-order chi connectivity index (χ1) is 7.91. The van der Waals surface area contributed by atoms with E-state index in [0.29, 0.717) is 0 Å². The zero-order valence-corrected chi connectivity index (χ0v) is 10.4. The molecule has 0 bridgehead atoms. The summed E-state index contributed by atoms with van der Waals surface area (Å²) in [7, 11) is 0. The van der Waals surface area contributed by atoms with E-state index in [9.17, 15) is 9.90 Å². The molecular weight excluding hydrogens is 220 g/mol. The standard InChI is InChI=1S/C13H18O4/c1-8-4-9(2)13(10(3)5-8)11(14)6-17-7-12(15)16/h4-5,11,14H,6-7H2,1-3H3,(H,15,16). The van der Waals surface area contributed by atoms with Crippen LogP contribution in [0.1, 0.15) is 28.4 Å². The van der Waals surface area contributed by atoms with Crippen molar-refractivity contribution in [3.8, 4) is 0 Å². The molecule has 0 aliphatic carbocycles. The summed E-state index contributed by atoms with van der Waals surface area (Å²) < 4.78 is 4.90. The van der Waals surface area contributed by atoms with Gasteiger partial charge in [0.25, 0.3) is 0 Å². The van der Waals surface area contributed by atoms with Crippen molar-refractivity contribution >= 4 is 5.97 Å². The Kier molecular flexibility index (Phi) is 4.66. The van der Waals surface area contributed by atoms with Crippen LogP contribution < -0.4 is 0 Å². The van der Waals surface area contributed by atoms with Crippen LogP contribution >= 0.6 is 0 Å². The van der Waals surface area contributed by atoms with Crippen LogP contribution in [0.4, 0.5) is 0 Å². The molecule has 4 heteroatoms. The highest BCUT2D eigenvalue weighted by Crippen LogP contribution is 2.23. The average Bonchev–Trinajstić information content (AvgIpc) is 2.14. The largest absolute Gasteiger partial charge is 0.480 e. The SMILES string of the molecule is Cc1cc(C)c(C(O)COCC(=O)O)c(C)c1. The summed E-state index contributed by atoms with van der Waals surface area (Å²) in [6.07, 6.45) is -0.782. The van der Waals surface area contributed by atoms with Gasteiger partial charge >= 0.3 is 5.97 Å². The molecular formula is C13H18O4. The Bertz CT molecular complexity index is 389. The van der Waals surface area contributed by atoms with Crippen molar-refractivity contribution in [2.75, 3.05) is 13.2 Å². The van der Waals surface area contributed by atoms with Crippen molar-refractivity contribution in [1.29, 1.82) is 0 Å². The van der Waals surface area contributed by atoms with Gasteiger partial charge in [0.1, 0.15) is 12.7 Å². The number of aliphatic hydroxyl groups excluding tert-OH is 1. The third kappa shape index (κ3) is 3.84. The van der Waals surface area contributed by atoms with Crippen LogP contribution in [-0.2, 0) is 9.53 Å². The Balaban J connectivity index is 2.75. The number of carboxylic acids is 1. The molecule has 0 saturated heterocycles. The van der Waals surface area contributed by atoms with Crippen LogP contribution in [0.25, 0.3) is 0 Å². The molecule has 0 amide bonds. The predicted molar refractivity (Wildman–Crippen MR) is 64.1 cm³/mol. The number of rotatable bonds is 5. The van der Waals surface area contributed by atoms with Gasteiger partial charge < -0.3 is 14.9 Å². The highest BCUT2D eigenvalue weighted by molar-refractivity contribution is 5.68. The van der Waals surface area contributed by atoms with E-state index in [0.717, 1.165) is 22.3 Å². The van der Waals surface area contributed by atoms with Gasteiger partial charge in [-0.15, -0.1) is 0 Å². The van der Waals surface area contributed by atoms with Gasteiger partial charge in [0.2, 0.25) is 0 Å². The minimum Gasteiger partial charge on any atom is -0.480 e. The predicted octanol–water partition coefficient (Wildman–Crippen LogP) is 1.75. The van der Waals surface area contributed by atoms with Crippen molar-refractivity contribution in [2.24, 2.45) is 0 Å². The zero-order valence-electron chi connectivity index (χ0n) is 10.4. The van der Waals surface area contributed by atoms with Crippen LogP contribution in [0.15, 0.2) is 12.1 Å². The Labute approximate surface area is 101 Å². The van der Waals surface area contributed by atoms with Crippen LogP contribution in [0.3, 0.4) is 0 Å². The van der Waals surface area contributed by atoms with E-state index in [2.05, 4.69) is 0 Å². The van der Waals surface area contributed by atoms with Crippen molar-refractivity contribution in [3.63, 3.8) is 0 Å². The Morgan fingerprint density at radius 3 is 2.29 bits per heavy atom. The Hall–Kier alpha value is -1.39. The molecule has 1 unspecified atom stereocenters.